The van der Waals surface area contributed by atoms with Gasteiger partial charge in [-0.2, -0.15) is 13.2 Å². The monoisotopic (exact) mass is 456 g/mol. The number of fused-ring (bicyclic) bond motifs is 3. The zero-order valence-electron chi connectivity index (χ0n) is 17.9. The number of anilines is 1. The second-order valence-electron chi connectivity index (χ2n) is 7.67. The van der Waals surface area contributed by atoms with Gasteiger partial charge < -0.3 is 20.1 Å². The molecule has 172 valence electrons. The van der Waals surface area contributed by atoms with E-state index >= 15 is 0 Å². The first-order chi connectivity index (χ1) is 15.9. The highest BCUT2D eigenvalue weighted by atomic mass is 19.4. The van der Waals surface area contributed by atoms with Gasteiger partial charge in [-0.1, -0.05) is 48.5 Å². The molecule has 1 aliphatic carbocycles. The minimum absolute atomic E-state index is 0.0302. The zero-order valence-corrected chi connectivity index (χ0v) is 17.9. The quantitative estimate of drug-likeness (QED) is 0.488. The number of rotatable bonds is 7. The number of carbonyl (C=O) groups is 1. The van der Waals surface area contributed by atoms with E-state index in [0.717, 1.165) is 22.3 Å². The maximum absolute atomic E-state index is 13.5. The molecular formula is C25H23F3N2O3. The summed E-state index contributed by atoms with van der Waals surface area (Å²) >= 11 is 0. The molecule has 3 aromatic rings. The molecule has 0 aliphatic heterocycles. The molecule has 0 saturated carbocycles. The van der Waals surface area contributed by atoms with Gasteiger partial charge in [-0.3, -0.25) is 0 Å². The van der Waals surface area contributed by atoms with Gasteiger partial charge in [0.1, 0.15) is 18.4 Å². The molecule has 4 rings (SSSR count). The van der Waals surface area contributed by atoms with Crippen LogP contribution in [0.4, 0.5) is 23.7 Å². The largest absolute Gasteiger partial charge is 0.497 e. The summed E-state index contributed by atoms with van der Waals surface area (Å²) in [5, 5.41) is 4.63. The number of halogens is 3. The molecule has 8 heteroatoms. The van der Waals surface area contributed by atoms with Crippen LogP contribution in [-0.2, 0) is 4.74 Å². The van der Waals surface area contributed by atoms with Crippen molar-refractivity contribution in [2.45, 2.75) is 18.1 Å². The summed E-state index contributed by atoms with van der Waals surface area (Å²) in [5.74, 6) is 0.361. The molecule has 1 unspecified atom stereocenters. The Morgan fingerprint density at radius 3 is 2.06 bits per heavy atom. The van der Waals surface area contributed by atoms with E-state index in [0.29, 0.717) is 5.75 Å². The van der Waals surface area contributed by atoms with Gasteiger partial charge in [-0.25, -0.2) is 4.79 Å². The average molecular weight is 456 g/mol. The number of hydrogen-bond acceptors (Lipinski definition) is 4. The van der Waals surface area contributed by atoms with Gasteiger partial charge in [0.05, 0.1) is 7.11 Å². The molecule has 0 heterocycles. The molecule has 5 nitrogen and oxygen atoms in total. The second kappa shape index (κ2) is 9.44. The predicted octanol–water partition coefficient (Wildman–Crippen LogP) is 5.58. The first-order valence-corrected chi connectivity index (χ1v) is 10.4. The number of benzene rings is 3. The van der Waals surface area contributed by atoms with Crippen molar-refractivity contribution in [3.8, 4) is 16.9 Å². The van der Waals surface area contributed by atoms with Crippen LogP contribution >= 0.6 is 0 Å². The predicted molar refractivity (Wildman–Crippen MR) is 120 cm³/mol. The zero-order chi connectivity index (χ0) is 23.4. The lowest BCUT2D eigenvalue weighted by Crippen LogP contribution is -2.46. The van der Waals surface area contributed by atoms with Gasteiger partial charge in [0.2, 0.25) is 0 Å². The number of nitrogens with one attached hydrogen (secondary N) is 2. The highest BCUT2D eigenvalue weighted by Crippen LogP contribution is 2.44. The number of hydrogen-bond donors (Lipinski definition) is 2. The van der Waals surface area contributed by atoms with Crippen molar-refractivity contribution in [3.63, 3.8) is 0 Å². The van der Waals surface area contributed by atoms with Crippen LogP contribution in [0, 0.1) is 0 Å². The number of alkyl carbamates (subject to hydrolysis) is 1. The first-order valence-electron chi connectivity index (χ1n) is 10.4. The fourth-order valence-electron chi connectivity index (χ4n) is 3.97. The Labute approximate surface area is 189 Å². The maximum atomic E-state index is 13.5. The highest BCUT2D eigenvalue weighted by molar-refractivity contribution is 5.79. The van der Waals surface area contributed by atoms with Crippen LogP contribution in [0.2, 0.25) is 0 Å². The lowest BCUT2D eigenvalue weighted by atomic mass is 9.98. The Bertz CT molecular complexity index is 1070. The van der Waals surface area contributed by atoms with Gasteiger partial charge in [0, 0.05) is 18.2 Å². The van der Waals surface area contributed by atoms with Crippen LogP contribution in [0.25, 0.3) is 11.1 Å². The Morgan fingerprint density at radius 1 is 0.939 bits per heavy atom. The molecule has 0 bridgehead atoms. The Balaban J connectivity index is 1.37. The third-order valence-corrected chi connectivity index (χ3v) is 5.62. The third kappa shape index (κ3) is 5.05. The molecule has 3 aromatic carbocycles. The van der Waals surface area contributed by atoms with Crippen molar-refractivity contribution in [1.82, 2.24) is 5.32 Å². The number of amides is 1. The maximum Gasteiger partial charge on any atom is 0.410 e. The van der Waals surface area contributed by atoms with Crippen LogP contribution in [0.1, 0.15) is 17.0 Å². The minimum Gasteiger partial charge on any atom is -0.497 e. The van der Waals surface area contributed by atoms with E-state index in [1.54, 1.807) is 12.1 Å². The summed E-state index contributed by atoms with van der Waals surface area (Å²) in [7, 11) is 1.47. The van der Waals surface area contributed by atoms with Crippen LogP contribution in [0.15, 0.2) is 72.8 Å². The van der Waals surface area contributed by atoms with Crippen molar-refractivity contribution in [2.24, 2.45) is 0 Å². The average Bonchev–Trinajstić information content (AvgIpc) is 3.14. The summed E-state index contributed by atoms with van der Waals surface area (Å²) in [6, 6.07) is 19.7. The minimum atomic E-state index is -4.57. The van der Waals surface area contributed by atoms with Crippen LogP contribution in [0.5, 0.6) is 5.75 Å². The Morgan fingerprint density at radius 2 is 1.52 bits per heavy atom. The number of ether oxygens (including phenoxy) is 2. The summed E-state index contributed by atoms with van der Waals surface area (Å²) in [5.41, 5.74) is 4.46. The SMILES string of the molecule is COc1ccc(NC(CNC(=O)OCC2c3ccccc3-c3ccccc32)C(F)(F)F)cc1. The number of methoxy groups -OCH3 is 1. The van der Waals surface area contributed by atoms with Crippen molar-refractivity contribution >= 4 is 11.8 Å². The highest BCUT2D eigenvalue weighted by Gasteiger charge is 2.40. The molecule has 0 fully saturated rings. The van der Waals surface area contributed by atoms with E-state index in [9.17, 15) is 18.0 Å². The van der Waals surface area contributed by atoms with Crippen LogP contribution in [-0.4, -0.2) is 38.6 Å². The Hall–Kier alpha value is -3.68. The molecule has 1 aliphatic rings. The molecule has 33 heavy (non-hydrogen) atoms. The van der Waals surface area contributed by atoms with E-state index < -0.39 is 24.9 Å². The van der Waals surface area contributed by atoms with Crippen molar-refractivity contribution in [3.05, 3.63) is 83.9 Å². The van der Waals surface area contributed by atoms with Gasteiger partial charge >= 0.3 is 12.3 Å². The lowest BCUT2D eigenvalue weighted by molar-refractivity contribution is -0.141. The molecule has 0 saturated heterocycles. The van der Waals surface area contributed by atoms with Crippen molar-refractivity contribution in [2.75, 3.05) is 25.6 Å². The molecule has 0 spiro atoms. The molecule has 0 radical (unpaired) electrons. The molecule has 1 atom stereocenters. The summed E-state index contributed by atoms with van der Waals surface area (Å²) < 4.78 is 50.8. The Kier molecular flexibility index (Phi) is 6.44. The fraction of sp³-hybridized carbons (Fsp3) is 0.240. The van der Waals surface area contributed by atoms with Gasteiger partial charge in [0.25, 0.3) is 0 Å². The van der Waals surface area contributed by atoms with Gasteiger partial charge in [-0.15, -0.1) is 0 Å². The van der Waals surface area contributed by atoms with E-state index in [2.05, 4.69) is 10.6 Å². The molecule has 2 N–H and O–H groups in total. The summed E-state index contributed by atoms with van der Waals surface area (Å²) in [6.07, 6.45) is -5.47. The summed E-state index contributed by atoms with van der Waals surface area (Å²) in [4.78, 5) is 12.2. The topological polar surface area (TPSA) is 59.6 Å². The third-order valence-electron chi connectivity index (χ3n) is 5.62. The fourth-order valence-corrected chi connectivity index (χ4v) is 3.97. The molecule has 1 amide bonds. The second-order valence-corrected chi connectivity index (χ2v) is 7.67. The van der Waals surface area contributed by atoms with E-state index in [4.69, 9.17) is 9.47 Å². The standard InChI is InChI=1S/C25H23F3N2O3/c1-32-17-12-10-16(11-13-17)30-23(25(26,27)28)14-29-24(31)33-15-22-20-8-4-2-6-18(20)19-7-3-5-9-21(19)22/h2-13,22-23,30H,14-15H2,1H3,(H,29,31). The lowest BCUT2D eigenvalue weighted by Gasteiger charge is -2.23. The van der Waals surface area contributed by atoms with E-state index in [1.165, 1.54) is 19.2 Å². The first kappa shape index (κ1) is 22.5. The molecule has 0 aromatic heterocycles. The summed E-state index contributed by atoms with van der Waals surface area (Å²) in [6.45, 7) is -0.644. The normalized spacial score (nSPS) is 13.6. The van der Waals surface area contributed by atoms with Crippen LogP contribution < -0.4 is 15.4 Å². The van der Waals surface area contributed by atoms with Gasteiger partial charge in [-0.05, 0) is 46.5 Å². The van der Waals surface area contributed by atoms with Crippen molar-refractivity contribution < 1.29 is 27.4 Å². The van der Waals surface area contributed by atoms with E-state index in [1.807, 2.05) is 48.5 Å². The number of alkyl halides is 3. The van der Waals surface area contributed by atoms with Crippen LogP contribution in [0.3, 0.4) is 0 Å². The molecular weight excluding hydrogens is 433 g/mol. The van der Waals surface area contributed by atoms with Gasteiger partial charge in [0.15, 0.2) is 0 Å². The number of carbonyl (C=O) groups excluding carboxylic acids is 1. The van der Waals surface area contributed by atoms with Crippen molar-refractivity contribution in [1.29, 1.82) is 0 Å². The smallest absolute Gasteiger partial charge is 0.410 e. The van der Waals surface area contributed by atoms with E-state index in [-0.39, 0.29) is 18.2 Å².